The third-order valence-corrected chi connectivity index (χ3v) is 4.07. The van der Waals surface area contributed by atoms with Gasteiger partial charge in [0, 0.05) is 18.0 Å². The monoisotopic (exact) mass is 290 g/mol. The van der Waals surface area contributed by atoms with Crippen molar-refractivity contribution in [1.82, 2.24) is 10.3 Å². The largest absolute Gasteiger partial charge is 0.486 e. The van der Waals surface area contributed by atoms with Crippen molar-refractivity contribution in [2.24, 2.45) is 0 Å². The summed E-state index contributed by atoms with van der Waals surface area (Å²) in [4.78, 5) is 4.27. The summed E-state index contributed by atoms with van der Waals surface area (Å²) < 4.78 is 5.75. The number of ether oxygens (including phenoxy) is 1. The molecule has 0 saturated heterocycles. The number of rotatable bonds is 7. The van der Waals surface area contributed by atoms with Crippen LogP contribution < -0.4 is 10.1 Å². The standard InChI is InChI=1S/C15H18N2O2S/c18-8-13-10-20-15(17-13)9-19-14-3-1-2-11(6-14)7-16-12-4-5-12/h1-3,6,10,12,16,18H,4-5,7-9H2. The molecule has 5 heteroatoms. The number of hydrogen-bond acceptors (Lipinski definition) is 5. The van der Waals surface area contributed by atoms with E-state index in [0.717, 1.165) is 17.3 Å². The maximum Gasteiger partial charge on any atom is 0.140 e. The number of hydrogen-bond donors (Lipinski definition) is 2. The zero-order valence-corrected chi connectivity index (χ0v) is 12.0. The summed E-state index contributed by atoms with van der Waals surface area (Å²) in [7, 11) is 0. The molecule has 1 aliphatic carbocycles. The third kappa shape index (κ3) is 3.79. The van der Waals surface area contributed by atoms with Crippen LogP contribution >= 0.6 is 11.3 Å². The highest BCUT2D eigenvalue weighted by Crippen LogP contribution is 2.21. The summed E-state index contributed by atoms with van der Waals surface area (Å²) in [5, 5.41) is 15.2. The first kappa shape index (κ1) is 13.5. The van der Waals surface area contributed by atoms with E-state index in [1.807, 2.05) is 17.5 Å². The highest BCUT2D eigenvalue weighted by molar-refractivity contribution is 7.09. The first-order valence-electron chi connectivity index (χ1n) is 6.83. The summed E-state index contributed by atoms with van der Waals surface area (Å²) >= 11 is 1.51. The van der Waals surface area contributed by atoms with Crippen LogP contribution in [-0.2, 0) is 19.8 Å². The van der Waals surface area contributed by atoms with Crippen LogP contribution in [0.2, 0.25) is 0 Å². The summed E-state index contributed by atoms with van der Waals surface area (Å²) in [6.07, 6.45) is 2.60. The molecule has 0 amide bonds. The molecule has 0 aliphatic heterocycles. The fourth-order valence-electron chi connectivity index (χ4n) is 1.93. The molecule has 0 spiro atoms. The number of aromatic nitrogens is 1. The maximum absolute atomic E-state index is 8.98. The van der Waals surface area contributed by atoms with E-state index in [0.29, 0.717) is 18.3 Å². The molecular formula is C15H18N2O2S. The molecule has 0 radical (unpaired) electrons. The highest BCUT2D eigenvalue weighted by atomic mass is 32.1. The van der Waals surface area contributed by atoms with Gasteiger partial charge in [-0.05, 0) is 30.5 Å². The Labute approximate surface area is 122 Å². The van der Waals surface area contributed by atoms with E-state index in [2.05, 4.69) is 22.4 Å². The van der Waals surface area contributed by atoms with Crippen molar-refractivity contribution in [3.8, 4) is 5.75 Å². The molecule has 0 atom stereocenters. The molecule has 20 heavy (non-hydrogen) atoms. The van der Waals surface area contributed by atoms with E-state index < -0.39 is 0 Å². The van der Waals surface area contributed by atoms with Gasteiger partial charge >= 0.3 is 0 Å². The van der Waals surface area contributed by atoms with Crippen molar-refractivity contribution in [3.05, 3.63) is 45.9 Å². The van der Waals surface area contributed by atoms with Gasteiger partial charge in [0.2, 0.25) is 0 Å². The van der Waals surface area contributed by atoms with Gasteiger partial charge in [0.1, 0.15) is 17.4 Å². The zero-order chi connectivity index (χ0) is 13.8. The molecule has 1 aliphatic rings. The molecule has 1 aromatic carbocycles. The number of benzene rings is 1. The van der Waals surface area contributed by atoms with Crippen LogP contribution in [0.25, 0.3) is 0 Å². The van der Waals surface area contributed by atoms with Crippen LogP contribution in [0.3, 0.4) is 0 Å². The third-order valence-electron chi connectivity index (χ3n) is 3.19. The second kappa shape index (κ2) is 6.35. The van der Waals surface area contributed by atoms with Gasteiger partial charge < -0.3 is 15.2 Å². The number of nitrogens with zero attached hydrogens (tertiary/aromatic N) is 1. The van der Waals surface area contributed by atoms with Crippen molar-refractivity contribution < 1.29 is 9.84 Å². The summed E-state index contributed by atoms with van der Waals surface area (Å²) in [6.45, 7) is 1.33. The van der Waals surface area contributed by atoms with Crippen molar-refractivity contribution in [3.63, 3.8) is 0 Å². The molecule has 1 fully saturated rings. The van der Waals surface area contributed by atoms with Gasteiger partial charge in [0.25, 0.3) is 0 Å². The number of nitrogens with one attached hydrogen (secondary N) is 1. The molecule has 3 rings (SSSR count). The van der Waals surface area contributed by atoms with Crippen LogP contribution in [0, 0.1) is 0 Å². The van der Waals surface area contributed by atoms with Gasteiger partial charge in [-0.25, -0.2) is 4.98 Å². The van der Waals surface area contributed by atoms with Crippen LogP contribution in [0.15, 0.2) is 29.6 Å². The lowest BCUT2D eigenvalue weighted by Gasteiger charge is -2.07. The fourth-order valence-corrected chi connectivity index (χ4v) is 2.62. The fraction of sp³-hybridized carbons (Fsp3) is 0.400. The van der Waals surface area contributed by atoms with Crippen molar-refractivity contribution in [2.45, 2.75) is 38.6 Å². The van der Waals surface area contributed by atoms with Gasteiger partial charge in [-0.2, -0.15) is 0 Å². The normalized spacial score (nSPS) is 14.4. The molecule has 1 saturated carbocycles. The molecule has 1 heterocycles. The quantitative estimate of drug-likeness (QED) is 0.822. The zero-order valence-electron chi connectivity index (χ0n) is 11.2. The van der Waals surface area contributed by atoms with Gasteiger partial charge in [-0.15, -0.1) is 11.3 Å². The lowest BCUT2D eigenvalue weighted by atomic mass is 10.2. The SMILES string of the molecule is OCc1csc(COc2cccc(CNC3CC3)c2)n1. The molecule has 1 aromatic heterocycles. The Kier molecular flexibility index (Phi) is 4.30. The Bertz CT molecular complexity index is 567. The minimum absolute atomic E-state index is 0.0151. The van der Waals surface area contributed by atoms with Crippen LogP contribution in [-0.4, -0.2) is 16.1 Å². The summed E-state index contributed by atoms with van der Waals surface area (Å²) in [6, 6.07) is 8.86. The average Bonchev–Trinajstić information content (AvgIpc) is 3.20. The maximum atomic E-state index is 8.98. The summed E-state index contributed by atoms with van der Waals surface area (Å²) in [5.74, 6) is 0.862. The van der Waals surface area contributed by atoms with E-state index in [-0.39, 0.29) is 6.61 Å². The van der Waals surface area contributed by atoms with Gasteiger partial charge in [0.05, 0.1) is 12.3 Å². The highest BCUT2D eigenvalue weighted by Gasteiger charge is 2.19. The van der Waals surface area contributed by atoms with Gasteiger partial charge in [0.15, 0.2) is 0 Å². The smallest absolute Gasteiger partial charge is 0.140 e. The number of aliphatic hydroxyl groups is 1. The van der Waals surface area contributed by atoms with Crippen molar-refractivity contribution in [1.29, 1.82) is 0 Å². The molecule has 4 nitrogen and oxygen atoms in total. The predicted octanol–water partition coefficient (Wildman–Crippen LogP) is 2.47. The van der Waals surface area contributed by atoms with Crippen LogP contribution in [0.4, 0.5) is 0 Å². The Morgan fingerprint density at radius 1 is 1.40 bits per heavy atom. The van der Waals surface area contributed by atoms with Gasteiger partial charge in [-0.3, -0.25) is 0 Å². The molecular weight excluding hydrogens is 272 g/mol. The molecule has 0 unspecified atom stereocenters. The predicted molar refractivity (Wildman–Crippen MR) is 78.7 cm³/mol. The number of aliphatic hydroxyl groups excluding tert-OH is 1. The van der Waals surface area contributed by atoms with Crippen molar-refractivity contribution in [2.75, 3.05) is 0 Å². The second-order valence-electron chi connectivity index (χ2n) is 4.98. The number of thiazole rings is 1. The Hall–Kier alpha value is -1.43. The van der Waals surface area contributed by atoms with Gasteiger partial charge in [-0.1, -0.05) is 12.1 Å². The van der Waals surface area contributed by atoms with E-state index in [9.17, 15) is 0 Å². The topological polar surface area (TPSA) is 54.4 Å². The molecule has 0 bridgehead atoms. The lowest BCUT2D eigenvalue weighted by Crippen LogP contribution is -2.15. The van der Waals surface area contributed by atoms with Crippen LogP contribution in [0.1, 0.15) is 29.1 Å². The Morgan fingerprint density at radius 3 is 3.05 bits per heavy atom. The lowest BCUT2D eigenvalue weighted by molar-refractivity contribution is 0.275. The minimum Gasteiger partial charge on any atom is -0.486 e. The first-order valence-corrected chi connectivity index (χ1v) is 7.71. The van der Waals surface area contributed by atoms with Crippen molar-refractivity contribution >= 4 is 11.3 Å². The van der Waals surface area contributed by atoms with Crippen LogP contribution in [0.5, 0.6) is 5.75 Å². The second-order valence-corrected chi connectivity index (χ2v) is 5.92. The first-order chi connectivity index (χ1) is 9.83. The minimum atomic E-state index is -0.0151. The Morgan fingerprint density at radius 2 is 2.30 bits per heavy atom. The summed E-state index contributed by atoms with van der Waals surface area (Å²) in [5.41, 5.74) is 1.94. The average molecular weight is 290 g/mol. The van der Waals surface area contributed by atoms with E-state index in [1.165, 1.54) is 29.7 Å². The Balaban J connectivity index is 1.54. The molecule has 106 valence electrons. The van der Waals surface area contributed by atoms with E-state index >= 15 is 0 Å². The van der Waals surface area contributed by atoms with E-state index in [1.54, 1.807) is 0 Å². The molecule has 2 N–H and O–H groups in total. The van der Waals surface area contributed by atoms with E-state index in [4.69, 9.17) is 9.84 Å². The molecule has 2 aromatic rings.